The fraction of sp³-hybridized carbons (Fsp3) is 0.444. The van der Waals surface area contributed by atoms with Gasteiger partial charge in [-0.1, -0.05) is 68.7 Å². The molecule has 4 heteroatoms. The van der Waals surface area contributed by atoms with Gasteiger partial charge in [0.05, 0.1) is 0 Å². The van der Waals surface area contributed by atoms with Crippen molar-refractivity contribution in [2.24, 2.45) is 11.8 Å². The highest BCUT2D eigenvalue weighted by molar-refractivity contribution is 5.98. The van der Waals surface area contributed by atoms with Crippen molar-refractivity contribution in [3.05, 3.63) is 70.4 Å². The van der Waals surface area contributed by atoms with Crippen molar-refractivity contribution < 1.29 is 9.90 Å². The van der Waals surface area contributed by atoms with Crippen LogP contribution in [0.5, 0.6) is 0 Å². The van der Waals surface area contributed by atoms with Gasteiger partial charge in [0.2, 0.25) is 0 Å². The molecule has 0 spiro atoms. The van der Waals surface area contributed by atoms with Crippen LogP contribution in [0.2, 0.25) is 0 Å². The standard InChI is InChI=1S/C27H34N2O2/c1-17-8-11-21(12-9-17)16-29-25-14-18(2)10-13-22(25)23(26(29)27(30)31)15-28-24-7-5-6-19(3)20(24)4/h8-14,19-20,24,28H,5-7,15-16H2,1-4H3,(H,30,31)/t19-,20-,24+/m0/s1. The van der Waals surface area contributed by atoms with E-state index in [1.54, 1.807) is 0 Å². The van der Waals surface area contributed by atoms with Crippen LogP contribution >= 0.6 is 0 Å². The molecule has 4 nitrogen and oxygen atoms in total. The molecule has 1 saturated carbocycles. The minimum absolute atomic E-state index is 0.408. The number of nitrogens with one attached hydrogen (secondary N) is 1. The summed E-state index contributed by atoms with van der Waals surface area (Å²) in [4.78, 5) is 12.5. The Bertz CT molecular complexity index is 1080. The Morgan fingerprint density at radius 3 is 2.48 bits per heavy atom. The fourth-order valence-corrected chi connectivity index (χ4v) is 5.10. The quantitative estimate of drug-likeness (QED) is 0.522. The van der Waals surface area contributed by atoms with Gasteiger partial charge in [0.1, 0.15) is 5.69 Å². The smallest absolute Gasteiger partial charge is 0.352 e. The van der Waals surface area contributed by atoms with Gasteiger partial charge in [-0.3, -0.25) is 0 Å². The lowest BCUT2D eigenvalue weighted by atomic mass is 9.78. The maximum atomic E-state index is 12.5. The summed E-state index contributed by atoms with van der Waals surface area (Å²) in [7, 11) is 0. The molecule has 2 aromatic carbocycles. The predicted molar refractivity (Wildman–Crippen MR) is 127 cm³/mol. The van der Waals surface area contributed by atoms with Crippen molar-refractivity contribution in [3.8, 4) is 0 Å². The highest BCUT2D eigenvalue weighted by Gasteiger charge is 2.28. The van der Waals surface area contributed by atoms with Gasteiger partial charge < -0.3 is 15.0 Å². The Morgan fingerprint density at radius 1 is 1.06 bits per heavy atom. The molecule has 0 bridgehead atoms. The van der Waals surface area contributed by atoms with Gasteiger partial charge in [-0.05, 0) is 49.3 Å². The van der Waals surface area contributed by atoms with Crippen LogP contribution < -0.4 is 5.32 Å². The summed E-state index contributed by atoms with van der Waals surface area (Å²) in [5.41, 5.74) is 5.77. The molecule has 0 unspecified atom stereocenters. The molecular formula is C27H34N2O2. The number of hydrogen-bond acceptors (Lipinski definition) is 2. The van der Waals surface area contributed by atoms with E-state index in [0.717, 1.165) is 34.0 Å². The summed E-state index contributed by atoms with van der Waals surface area (Å²) in [5.74, 6) is 0.448. The zero-order valence-electron chi connectivity index (χ0n) is 19.1. The summed E-state index contributed by atoms with van der Waals surface area (Å²) in [6.45, 7) is 9.92. The second kappa shape index (κ2) is 8.88. The molecular weight excluding hydrogens is 384 g/mol. The van der Waals surface area contributed by atoms with Crippen molar-refractivity contribution in [1.82, 2.24) is 9.88 Å². The molecule has 0 radical (unpaired) electrons. The van der Waals surface area contributed by atoms with Gasteiger partial charge in [0.15, 0.2) is 0 Å². The van der Waals surface area contributed by atoms with Crippen molar-refractivity contribution >= 4 is 16.9 Å². The summed E-state index contributed by atoms with van der Waals surface area (Å²) in [6, 6.07) is 15.1. The second-order valence-electron chi connectivity index (χ2n) is 9.48. The van der Waals surface area contributed by atoms with Crippen LogP contribution in [-0.4, -0.2) is 21.7 Å². The lowest BCUT2D eigenvalue weighted by Crippen LogP contribution is -2.40. The molecule has 3 aromatic rings. The van der Waals surface area contributed by atoms with Crippen LogP contribution in [-0.2, 0) is 13.1 Å². The monoisotopic (exact) mass is 418 g/mol. The molecule has 1 heterocycles. The van der Waals surface area contributed by atoms with Crippen molar-refractivity contribution in [1.29, 1.82) is 0 Å². The average Bonchev–Trinajstić information content (AvgIpc) is 3.03. The maximum absolute atomic E-state index is 12.5. The molecule has 4 rings (SSSR count). The molecule has 2 N–H and O–H groups in total. The number of benzene rings is 2. The van der Waals surface area contributed by atoms with E-state index in [4.69, 9.17) is 0 Å². The SMILES string of the molecule is Cc1ccc(Cn2c(C(=O)O)c(CN[C@@H]3CCC[C@H](C)[C@@H]3C)c3ccc(C)cc32)cc1. The molecule has 1 aliphatic rings. The van der Waals surface area contributed by atoms with E-state index in [1.807, 2.05) is 4.57 Å². The van der Waals surface area contributed by atoms with Gasteiger partial charge in [0, 0.05) is 35.6 Å². The zero-order valence-corrected chi connectivity index (χ0v) is 19.1. The number of carboxylic acids is 1. The first-order chi connectivity index (χ1) is 14.8. The van der Waals surface area contributed by atoms with Gasteiger partial charge in [0.25, 0.3) is 0 Å². The van der Waals surface area contributed by atoms with E-state index in [-0.39, 0.29) is 0 Å². The molecule has 164 valence electrons. The minimum Gasteiger partial charge on any atom is -0.477 e. The summed E-state index contributed by atoms with van der Waals surface area (Å²) in [5, 5.41) is 15.0. The van der Waals surface area contributed by atoms with Crippen LogP contribution in [0.4, 0.5) is 0 Å². The predicted octanol–water partition coefficient (Wildman–Crippen LogP) is 5.92. The van der Waals surface area contributed by atoms with Crippen LogP contribution in [0.1, 0.15) is 65.9 Å². The number of aromatic nitrogens is 1. The number of fused-ring (bicyclic) bond motifs is 1. The normalized spacial score (nSPS) is 21.5. The van der Waals surface area contributed by atoms with Crippen LogP contribution in [0, 0.1) is 25.7 Å². The third-order valence-electron chi connectivity index (χ3n) is 7.24. The minimum atomic E-state index is -0.858. The summed E-state index contributed by atoms with van der Waals surface area (Å²) < 4.78 is 1.99. The fourth-order valence-electron chi connectivity index (χ4n) is 5.10. The van der Waals surface area contributed by atoms with Crippen molar-refractivity contribution in [2.75, 3.05) is 0 Å². The first-order valence-electron chi connectivity index (χ1n) is 11.5. The van der Waals surface area contributed by atoms with E-state index in [0.29, 0.717) is 36.7 Å². The Kier molecular flexibility index (Phi) is 6.19. The number of hydrogen-bond donors (Lipinski definition) is 2. The number of aromatic carboxylic acids is 1. The Labute approximate surface area is 185 Å². The Balaban J connectivity index is 1.74. The number of aryl methyl sites for hydroxylation is 2. The first-order valence-corrected chi connectivity index (χ1v) is 11.5. The average molecular weight is 419 g/mol. The Hall–Kier alpha value is -2.59. The van der Waals surface area contributed by atoms with Gasteiger partial charge in [-0.2, -0.15) is 0 Å². The molecule has 0 amide bonds. The third kappa shape index (κ3) is 4.40. The molecule has 3 atom stereocenters. The topological polar surface area (TPSA) is 54.3 Å². The van der Waals surface area contributed by atoms with E-state index < -0.39 is 5.97 Å². The largest absolute Gasteiger partial charge is 0.477 e. The lowest BCUT2D eigenvalue weighted by molar-refractivity contribution is 0.0684. The van der Waals surface area contributed by atoms with E-state index in [9.17, 15) is 9.90 Å². The van der Waals surface area contributed by atoms with Crippen LogP contribution in [0.25, 0.3) is 10.9 Å². The van der Waals surface area contributed by atoms with E-state index >= 15 is 0 Å². The lowest BCUT2D eigenvalue weighted by Gasteiger charge is -2.34. The molecule has 1 fully saturated rings. The Morgan fingerprint density at radius 2 is 1.77 bits per heavy atom. The van der Waals surface area contributed by atoms with E-state index in [1.165, 1.54) is 18.4 Å². The highest BCUT2D eigenvalue weighted by atomic mass is 16.4. The van der Waals surface area contributed by atoms with Crippen molar-refractivity contribution in [2.45, 2.75) is 66.1 Å². The number of nitrogens with zero attached hydrogens (tertiary/aromatic N) is 1. The van der Waals surface area contributed by atoms with Gasteiger partial charge in [-0.15, -0.1) is 0 Å². The molecule has 0 aliphatic heterocycles. The summed E-state index contributed by atoms with van der Waals surface area (Å²) >= 11 is 0. The molecule has 1 aromatic heterocycles. The number of rotatable bonds is 6. The molecule has 31 heavy (non-hydrogen) atoms. The first kappa shape index (κ1) is 21.6. The number of carbonyl (C=O) groups is 1. The van der Waals surface area contributed by atoms with E-state index in [2.05, 4.69) is 75.5 Å². The van der Waals surface area contributed by atoms with Crippen LogP contribution in [0.15, 0.2) is 42.5 Å². The number of carboxylic acid groups (broad SMARTS) is 1. The molecule has 1 aliphatic carbocycles. The van der Waals surface area contributed by atoms with Gasteiger partial charge in [-0.25, -0.2) is 4.79 Å². The zero-order chi connectivity index (χ0) is 22.1. The molecule has 0 saturated heterocycles. The van der Waals surface area contributed by atoms with Gasteiger partial charge >= 0.3 is 5.97 Å². The maximum Gasteiger partial charge on any atom is 0.352 e. The third-order valence-corrected chi connectivity index (χ3v) is 7.24. The summed E-state index contributed by atoms with van der Waals surface area (Å²) in [6.07, 6.45) is 3.69. The second-order valence-corrected chi connectivity index (χ2v) is 9.48. The highest BCUT2D eigenvalue weighted by Crippen LogP contribution is 2.32. The van der Waals surface area contributed by atoms with Crippen LogP contribution in [0.3, 0.4) is 0 Å². The van der Waals surface area contributed by atoms with Crippen molar-refractivity contribution in [3.63, 3.8) is 0 Å².